The molecule has 2 unspecified atom stereocenters. The summed E-state index contributed by atoms with van der Waals surface area (Å²) in [7, 11) is 0. The van der Waals surface area contributed by atoms with Crippen molar-refractivity contribution < 1.29 is 9.59 Å². The van der Waals surface area contributed by atoms with Crippen LogP contribution in [0.1, 0.15) is 44.2 Å². The molecule has 2 fully saturated rings. The van der Waals surface area contributed by atoms with Gasteiger partial charge in [-0.1, -0.05) is 25.3 Å². The number of nitrogens with zero attached hydrogens (tertiary/aromatic N) is 1. The number of amides is 1. The van der Waals surface area contributed by atoms with E-state index in [1.807, 2.05) is 18.2 Å². The summed E-state index contributed by atoms with van der Waals surface area (Å²) in [5.74, 6) is 0.631. The summed E-state index contributed by atoms with van der Waals surface area (Å²) < 4.78 is 0. The van der Waals surface area contributed by atoms with E-state index in [0.29, 0.717) is 25.3 Å². The van der Waals surface area contributed by atoms with Gasteiger partial charge in [-0.05, 0) is 31.4 Å². The zero-order valence-corrected chi connectivity index (χ0v) is 14.2. The number of carbonyl (C=O) groups excluding carboxylic acids is 2. The van der Waals surface area contributed by atoms with E-state index >= 15 is 0 Å². The molecular weight excluding hydrogens is 302 g/mol. The molecule has 24 heavy (non-hydrogen) atoms. The second kappa shape index (κ2) is 8.38. The SMILES string of the molecule is O=C(C1CCCCC1)C1CNC(C(=O)NCCc2ccccn2)C1. The largest absolute Gasteiger partial charge is 0.354 e. The molecule has 5 nitrogen and oxygen atoms in total. The van der Waals surface area contributed by atoms with Crippen molar-refractivity contribution in [1.82, 2.24) is 15.6 Å². The highest BCUT2D eigenvalue weighted by Gasteiger charge is 2.36. The molecule has 2 N–H and O–H groups in total. The molecule has 2 aliphatic rings. The zero-order valence-electron chi connectivity index (χ0n) is 14.2. The van der Waals surface area contributed by atoms with E-state index in [2.05, 4.69) is 15.6 Å². The van der Waals surface area contributed by atoms with Gasteiger partial charge >= 0.3 is 0 Å². The lowest BCUT2D eigenvalue weighted by atomic mass is 9.81. The van der Waals surface area contributed by atoms with Crippen LogP contribution in [0.25, 0.3) is 0 Å². The van der Waals surface area contributed by atoms with Crippen LogP contribution in [-0.4, -0.2) is 35.8 Å². The summed E-state index contributed by atoms with van der Waals surface area (Å²) in [4.78, 5) is 29.1. The van der Waals surface area contributed by atoms with Gasteiger partial charge in [-0.15, -0.1) is 0 Å². The van der Waals surface area contributed by atoms with E-state index in [9.17, 15) is 9.59 Å². The van der Waals surface area contributed by atoms with E-state index in [0.717, 1.165) is 25.0 Å². The van der Waals surface area contributed by atoms with Crippen LogP contribution < -0.4 is 10.6 Å². The van der Waals surface area contributed by atoms with Crippen molar-refractivity contribution in [1.29, 1.82) is 0 Å². The maximum Gasteiger partial charge on any atom is 0.237 e. The van der Waals surface area contributed by atoms with E-state index < -0.39 is 0 Å². The smallest absolute Gasteiger partial charge is 0.237 e. The average molecular weight is 329 g/mol. The van der Waals surface area contributed by atoms with Crippen molar-refractivity contribution in [2.75, 3.05) is 13.1 Å². The molecule has 0 radical (unpaired) electrons. The van der Waals surface area contributed by atoms with Crippen molar-refractivity contribution in [2.24, 2.45) is 11.8 Å². The van der Waals surface area contributed by atoms with Gasteiger partial charge in [-0.2, -0.15) is 0 Å². The van der Waals surface area contributed by atoms with Crippen LogP contribution >= 0.6 is 0 Å². The molecule has 1 amide bonds. The summed E-state index contributed by atoms with van der Waals surface area (Å²) in [5, 5.41) is 6.19. The fraction of sp³-hybridized carbons (Fsp3) is 0.632. The summed E-state index contributed by atoms with van der Waals surface area (Å²) >= 11 is 0. The predicted octanol–water partition coefficient (Wildman–Crippen LogP) is 1.87. The molecule has 1 saturated heterocycles. The summed E-state index contributed by atoms with van der Waals surface area (Å²) in [6.45, 7) is 1.23. The second-order valence-corrected chi connectivity index (χ2v) is 6.99. The minimum absolute atomic E-state index is 0.00451. The first-order chi connectivity index (χ1) is 11.7. The van der Waals surface area contributed by atoms with Gasteiger partial charge in [0.1, 0.15) is 5.78 Å². The number of hydrogen-bond donors (Lipinski definition) is 2. The molecule has 2 heterocycles. The zero-order chi connectivity index (χ0) is 16.8. The molecular formula is C19H27N3O2. The molecule has 2 atom stereocenters. The van der Waals surface area contributed by atoms with Gasteiger partial charge in [-0.25, -0.2) is 0 Å². The molecule has 1 aliphatic heterocycles. The minimum Gasteiger partial charge on any atom is -0.354 e. The topological polar surface area (TPSA) is 71.1 Å². The van der Waals surface area contributed by atoms with Gasteiger partial charge in [0.15, 0.2) is 0 Å². The van der Waals surface area contributed by atoms with Crippen LogP contribution in [0.3, 0.4) is 0 Å². The second-order valence-electron chi connectivity index (χ2n) is 6.99. The van der Waals surface area contributed by atoms with Crippen molar-refractivity contribution in [3.8, 4) is 0 Å². The van der Waals surface area contributed by atoms with Gasteiger partial charge in [-0.3, -0.25) is 14.6 Å². The van der Waals surface area contributed by atoms with E-state index in [4.69, 9.17) is 0 Å². The third kappa shape index (κ3) is 4.41. The number of Topliss-reactive ketones (excluding diaryl/α,β-unsaturated/α-hetero) is 1. The van der Waals surface area contributed by atoms with Crippen molar-refractivity contribution in [2.45, 2.75) is 51.0 Å². The molecule has 3 rings (SSSR count). The van der Waals surface area contributed by atoms with Crippen molar-refractivity contribution in [3.05, 3.63) is 30.1 Å². The number of aromatic nitrogens is 1. The number of ketones is 1. The normalized spacial score (nSPS) is 24.7. The molecule has 0 spiro atoms. The van der Waals surface area contributed by atoms with Crippen LogP contribution in [-0.2, 0) is 16.0 Å². The van der Waals surface area contributed by atoms with Gasteiger partial charge in [0, 0.05) is 43.2 Å². The van der Waals surface area contributed by atoms with Crippen LogP contribution in [0.2, 0.25) is 0 Å². The number of carbonyl (C=O) groups is 2. The number of nitrogens with one attached hydrogen (secondary N) is 2. The van der Waals surface area contributed by atoms with Crippen LogP contribution in [0.5, 0.6) is 0 Å². The first-order valence-corrected chi connectivity index (χ1v) is 9.19. The van der Waals surface area contributed by atoms with Crippen molar-refractivity contribution in [3.63, 3.8) is 0 Å². The molecule has 1 aliphatic carbocycles. The Hall–Kier alpha value is -1.75. The molecule has 130 valence electrons. The van der Waals surface area contributed by atoms with Crippen LogP contribution in [0.4, 0.5) is 0 Å². The molecule has 1 aromatic heterocycles. The molecule has 0 aromatic carbocycles. The maximum atomic E-state index is 12.6. The third-order valence-corrected chi connectivity index (χ3v) is 5.26. The Morgan fingerprint density at radius 3 is 2.75 bits per heavy atom. The fourth-order valence-electron chi connectivity index (χ4n) is 3.86. The fourth-order valence-corrected chi connectivity index (χ4v) is 3.86. The highest BCUT2D eigenvalue weighted by atomic mass is 16.2. The quantitative estimate of drug-likeness (QED) is 0.836. The lowest BCUT2D eigenvalue weighted by Crippen LogP contribution is -2.41. The lowest BCUT2D eigenvalue weighted by Gasteiger charge is -2.22. The first-order valence-electron chi connectivity index (χ1n) is 9.19. The van der Waals surface area contributed by atoms with Gasteiger partial charge in [0.05, 0.1) is 6.04 Å². The predicted molar refractivity (Wildman–Crippen MR) is 92.4 cm³/mol. The van der Waals surface area contributed by atoms with Crippen molar-refractivity contribution >= 4 is 11.7 Å². The van der Waals surface area contributed by atoms with Crippen LogP contribution in [0, 0.1) is 11.8 Å². The monoisotopic (exact) mass is 329 g/mol. The van der Waals surface area contributed by atoms with E-state index in [1.165, 1.54) is 19.3 Å². The van der Waals surface area contributed by atoms with Gasteiger partial charge in [0.25, 0.3) is 0 Å². The van der Waals surface area contributed by atoms with Gasteiger partial charge < -0.3 is 10.6 Å². The first kappa shape index (κ1) is 17.1. The molecule has 5 heteroatoms. The Morgan fingerprint density at radius 1 is 1.17 bits per heavy atom. The standard InChI is InChI=1S/C19H27N3O2/c23-18(14-6-2-1-3-7-14)15-12-17(22-13-15)19(24)21-11-9-16-8-4-5-10-20-16/h4-5,8,10,14-15,17,22H,1-3,6-7,9,11-13H2,(H,21,24). The molecule has 1 aromatic rings. The van der Waals surface area contributed by atoms with E-state index in [-0.39, 0.29) is 23.8 Å². The van der Waals surface area contributed by atoms with Gasteiger partial charge in [0.2, 0.25) is 5.91 Å². The Balaban J connectivity index is 1.41. The van der Waals surface area contributed by atoms with Crippen LogP contribution in [0.15, 0.2) is 24.4 Å². The maximum absolute atomic E-state index is 12.6. The Kier molecular flexibility index (Phi) is 5.96. The Labute approximate surface area is 143 Å². The molecule has 0 bridgehead atoms. The Bertz CT molecular complexity index is 555. The summed E-state index contributed by atoms with van der Waals surface area (Å²) in [6, 6.07) is 5.56. The van der Waals surface area contributed by atoms with E-state index in [1.54, 1.807) is 6.20 Å². The number of hydrogen-bond acceptors (Lipinski definition) is 4. The lowest BCUT2D eigenvalue weighted by molar-refractivity contribution is -0.127. The summed E-state index contributed by atoms with van der Waals surface area (Å²) in [5.41, 5.74) is 0.975. The minimum atomic E-state index is -0.230. The summed E-state index contributed by atoms with van der Waals surface area (Å²) in [6.07, 6.45) is 8.81. The number of rotatable bonds is 6. The Morgan fingerprint density at radius 2 is 2.00 bits per heavy atom. The third-order valence-electron chi connectivity index (χ3n) is 5.26. The highest BCUT2D eigenvalue weighted by molar-refractivity contribution is 5.87. The molecule has 1 saturated carbocycles. The average Bonchev–Trinajstić information content (AvgIpc) is 3.13. The highest BCUT2D eigenvalue weighted by Crippen LogP contribution is 2.29. The number of pyridine rings is 1.